The van der Waals surface area contributed by atoms with Gasteiger partial charge in [0.15, 0.2) is 0 Å². The molecule has 3 nitrogen and oxygen atoms in total. The van der Waals surface area contributed by atoms with Crippen LogP contribution in [0.4, 0.5) is 0 Å². The normalized spacial score (nSPS) is 33.1. The van der Waals surface area contributed by atoms with E-state index in [-0.39, 0.29) is 0 Å². The molecule has 1 N–H and O–H groups in total. The van der Waals surface area contributed by atoms with Gasteiger partial charge in [-0.15, -0.1) is 0 Å². The molecule has 2 rings (SSSR count). The summed E-state index contributed by atoms with van der Waals surface area (Å²) in [5.74, 6) is 1.60. The molecule has 0 spiro atoms. The maximum atomic E-state index is 11.3. The van der Waals surface area contributed by atoms with E-state index in [9.17, 15) is 4.21 Å². The summed E-state index contributed by atoms with van der Waals surface area (Å²) in [6.45, 7) is 6.44. The van der Waals surface area contributed by atoms with Crippen LogP contribution in [-0.4, -0.2) is 51.8 Å². The Labute approximate surface area is 101 Å². The van der Waals surface area contributed by atoms with Crippen molar-refractivity contribution in [2.75, 3.05) is 24.6 Å². The Morgan fingerprint density at radius 1 is 1.44 bits per heavy atom. The van der Waals surface area contributed by atoms with Gasteiger partial charge in [-0.05, 0) is 26.2 Å². The van der Waals surface area contributed by atoms with Crippen molar-refractivity contribution in [2.45, 2.75) is 51.2 Å². The molecule has 1 saturated heterocycles. The van der Waals surface area contributed by atoms with Crippen LogP contribution in [0.2, 0.25) is 0 Å². The summed E-state index contributed by atoms with van der Waals surface area (Å²) in [6.07, 6.45) is 4.06. The summed E-state index contributed by atoms with van der Waals surface area (Å²) in [5.41, 5.74) is 0. The van der Waals surface area contributed by atoms with Crippen molar-refractivity contribution in [3.63, 3.8) is 0 Å². The van der Waals surface area contributed by atoms with Crippen molar-refractivity contribution in [2.24, 2.45) is 0 Å². The zero-order chi connectivity index (χ0) is 11.5. The van der Waals surface area contributed by atoms with Crippen molar-refractivity contribution >= 4 is 10.8 Å². The first kappa shape index (κ1) is 12.5. The fraction of sp³-hybridized carbons (Fsp3) is 1.00. The van der Waals surface area contributed by atoms with Gasteiger partial charge >= 0.3 is 0 Å². The predicted octanol–water partition coefficient (Wildman–Crippen LogP) is 0.970. The predicted molar refractivity (Wildman–Crippen MR) is 69.1 cm³/mol. The fourth-order valence-corrected chi connectivity index (χ4v) is 3.27. The minimum atomic E-state index is -0.617. The number of nitrogens with one attached hydrogen (secondary N) is 1. The van der Waals surface area contributed by atoms with Crippen LogP contribution >= 0.6 is 0 Å². The number of nitrogens with zero attached hydrogens (tertiary/aromatic N) is 1. The molecule has 1 aliphatic carbocycles. The monoisotopic (exact) mass is 244 g/mol. The molecule has 0 radical (unpaired) electrons. The van der Waals surface area contributed by atoms with Gasteiger partial charge < -0.3 is 5.32 Å². The molecule has 1 aliphatic heterocycles. The lowest BCUT2D eigenvalue weighted by Gasteiger charge is -2.19. The second-order valence-corrected chi connectivity index (χ2v) is 6.96. The van der Waals surface area contributed by atoms with Gasteiger partial charge in [0.1, 0.15) is 0 Å². The minimum absolute atomic E-state index is 0.617. The molecular weight excluding hydrogens is 220 g/mol. The second-order valence-electron chi connectivity index (χ2n) is 5.10. The highest BCUT2D eigenvalue weighted by Crippen LogP contribution is 2.33. The van der Waals surface area contributed by atoms with Crippen LogP contribution in [0, 0.1) is 0 Å². The molecule has 3 unspecified atom stereocenters. The van der Waals surface area contributed by atoms with Crippen LogP contribution in [-0.2, 0) is 10.8 Å². The van der Waals surface area contributed by atoms with Gasteiger partial charge in [0.2, 0.25) is 0 Å². The summed E-state index contributed by atoms with van der Waals surface area (Å²) in [7, 11) is -0.617. The Bertz CT molecular complexity index is 255. The molecule has 4 heteroatoms. The number of likely N-dealkylation sites (tertiary alicyclic amines) is 1. The van der Waals surface area contributed by atoms with E-state index in [0.717, 1.165) is 30.1 Å². The van der Waals surface area contributed by atoms with E-state index < -0.39 is 10.8 Å². The molecule has 1 saturated carbocycles. The Morgan fingerprint density at radius 3 is 2.81 bits per heavy atom. The third-order valence-electron chi connectivity index (χ3n) is 3.72. The van der Waals surface area contributed by atoms with E-state index in [2.05, 4.69) is 17.1 Å². The van der Waals surface area contributed by atoms with Crippen LogP contribution in [0.3, 0.4) is 0 Å². The van der Waals surface area contributed by atoms with E-state index in [0.29, 0.717) is 6.04 Å². The third-order valence-corrected chi connectivity index (χ3v) is 5.03. The van der Waals surface area contributed by atoms with Crippen LogP contribution < -0.4 is 5.32 Å². The maximum Gasteiger partial charge on any atom is 0.0360 e. The SMILES string of the molecule is CCS(=O)CCNC1CC(C)N(C2CC2)C1. The quantitative estimate of drug-likeness (QED) is 0.756. The van der Waals surface area contributed by atoms with Crippen molar-refractivity contribution in [1.82, 2.24) is 10.2 Å². The molecule has 2 fully saturated rings. The van der Waals surface area contributed by atoms with Gasteiger partial charge in [0.05, 0.1) is 0 Å². The van der Waals surface area contributed by atoms with E-state index >= 15 is 0 Å². The summed E-state index contributed by atoms with van der Waals surface area (Å²) in [6, 6.07) is 2.25. The smallest absolute Gasteiger partial charge is 0.0360 e. The second kappa shape index (κ2) is 5.61. The topological polar surface area (TPSA) is 32.3 Å². The molecule has 1 heterocycles. The first-order valence-corrected chi connectivity index (χ1v) is 8.03. The average molecular weight is 244 g/mol. The number of hydrogen-bond donors (Lipinski definition) is 1. The third kappa shape index (κ3) is 3.28. The molecule has 0 aromatic heterocycles. The molecular formula is C12H24N2OS. The van der Waals surface area contributed by atoms with Crippen LogP contribution in [0.25, 0.3) is 0 Å². The number of rotatable bonds is 6. The van der Waals surface area contributed by atoms with Crippen LogP contribution in [0.5, 0.6) is 0 Å². The van der Waals surface area contributed by atoms with Gasteiger partial charge in [-0.1, -0.05) is 6.92 Å². The van der Waals surface area contributed by atoms with Crippen LogP contribution in [0.1, 0.15) is 33.1 Å². The maximum absolute atomic E-state index is 11.3. The van der Waals surface area contributed by atoms with E-state index in [1.54, 1.807) is 0 Å². The molecule has 16 heavy (non-hydrogen) atoms. The molecule has 3 atom stereocenters. The largest absolute Gasteiger partial charge is 0.312 e. The van der Waals surface area contributed by atoms with Crippen molar-refractivity contribution in [3.8, 4) is 0 Å². The lowest BCUT2D eigenvalue weighted by Crippen LogP contribution is -2.36. The zero-order valence-corrected chi connectivity index (χ0v) is 11.3. The van der Waals surface area contributed by atoms with Crippen molar-refractivity contribution < 1.29 is 4.21 Å². The van der Waals surface area contributed by atoms with Crippen molar-refractivity contribution in [1.29, 1.82) is 0 Å². The fourth-order valence-electron chi connectivity index (χ4n) is 2.64. The molecule has 2 aliphatic rings. The first-order valence-electron chi connectivity index (χ1n) is 6.54. The highest BCUT2D eigenvalue weighted by atomic mass is 32.2. The number of hydrogen-bond acceptors (Lipinski definition) is 3. The van der Waals surface area contributed by atoms with Gasteiger partial charge in [-0.2, -0.15) is 0 Å². The molecule has 94 valence electrons. The van der Waals surface area contributed by atoms with Crippen LogP contribution in [0.15, 0.2) is 0 Å². The molecule has 0 aromatic rings. The standard InChI is InChI=1S/C12H24N2OS/c1-3-16(15)7-6-13-11-8-10(2)14(9-11)12-4-5-12/h10-13H,3-9H2,1-2H3. The average Bonchev–Trinajstić information content (AvgIpc) is 3.03. The van der Waals surface area contributed by atoms with E-state index in [1.165, 1.54) is 25.8 Å². The Hall–Kier alpha value is 0.0700. The summed E-state index contributed by atoms with van der Waals surface area (Å²) in [5, 5.41) is 3.56. The molecule has 0 bridgehead atoms. The molecule has 0 aromatic carbocycles. The highest BCUT2D eigenvalue weighted by Gasteiger charge is 2.38. The van der Waals surface area contributed by atoms with Gasteiger partial charge in [0.25, 0.3) is 0 Å². The Morgan fingerprint density at radius 2 is 2.19 bits per heavy atom. The molecule has 0 amide bonds. The lowest BCUT2D eigenvalue weighted by molar-refractivity contribution is 0.255. The Kier molecular flexibility index (Phi) is 4.39. The van der Waals surface area contributed by atoms with Gasteiger partial charge in [-0.3, -0.25) is 9.11 Å². The first-order chi connectivity index (χ1) is 7.70. The Balaban J connectivity index is 1.65. The van der Waals surface area contributed by atoms with E-state index in [1.807, 2.05) is 6.92 Å². The van der Waals surface area contributed by atoms with Crippen molar-refractivity contribution in [3.05, 3.63) is 0 Å². The van der Waals surface area contributed by atoms with E-state index in [4.69, 9.17) is 0 Å². The zero-order valence-electron chi connectivity index (χ0n) is 10.4. The summed E-state index contributed by atoms with van der Waals surface area (Å²) in [4.78, 5) is 2.65. The van der Waals surface area contributed by atoms with Gasteiger partial charge in [-0.25, -0.2) is 0 Å². The summed E-state index contributed by atoms with van der Waals surface area (Å²) >= 11 is 0. The summed E-state index contributed by atoms with van der Waals surface area (Å²) < 4.78 is 11.3. The minimum Gasteiger partial charge on any atom is -0.312 e. The highest BCUT2D eigenvalue weighted by molar-refractivity contribution is 7.84. The lowest BCUT2D eigenvalue weighted by atomic mass is 10.2. The van der Waals surface area contributed by atoms with Gasteiger partial charge in [0, 0.05) is 53.5 Å².